The quantitative estimate of drug-likeness (QED) is 0.828. The van der Waals surface area contributed by atoms with Crippen LogP contribution in [-0.4, -0.2) is 29.9 Å². The van der Waals surface area contributed by atoms with Crippen LogP contribution in [0.15, 0.2) is 18.2 Å². The zero-order chi connectivity index (χ0) is 16.9. The van der Waals surface area contributed by atoms with Crippen LogP contribution in [0.2, 0.25) is 5.02 Å². The zero-order valence-corrected chi connectivity index (χ0v) is 13.7. The first-order chi connectivity index (χ1) is 10.1. The van der Waals surface area contributed by atoms with E-state index in [0.29, 0.717) is 16.3 Å². The van der Waals surface area contributed by atoms with Crippen molar-refractivity contribution < 1.29 is 24.2 Å². The Labute approximate surface area is 134 Å². The van der Waals surface area contributed by atoms with Gasteiger partial charge in [0.15, 0.2) is 0 Å². The van der Waals surface area contributed by atoms with E-state index in [4.69, 9.17) is 16.3 Å². The second kappa shape index (κ2) is 7.47. The van der Waals surface area contributed by atoms with Gasteiger partial charge in [-0.1, -0.05) is 11.6 Å². The minimum atomic E-state index is -1.16. The van der Waals surface area contributed by atoms with Crippen molar-refractivity contribution in [3.63, 3.8) is 0 Å². The van der Waals surface area contributed by atoms with Crippen LogP contribution in [0.5, 0.6) is 0 Å². The molecule has 6 nitrogen and oxygen atoms in total. The third kappa shape index (κ3) is 5.91. The monoisotopic (exact) mass is 329 g/mol. The van der Waals surface area contributed by atoms with E-state index in [1.165, 1.54) is 19.2 Å². The first-order valence-electron chi connectivity index (χ1n) is 6.66. The number of amides is 1. The molecule has 0 aliphatic heterocycles. The molecule has 0 aromatic heterocycles. The lowest BCUT2D eigenvalue weighted by molar-refractivity contribution is -0.142. The molecule has 0 radical (unpaired) electrons. The topological polar surface area (TPSA) is 84.9 Å². The molecule has 122 valence electrons. The maximum Gasteiger partial charge on any atom is 0.412 e. The number of methoxy groups -OCH3 is 1. The van der Waals surface area contributed by atoms with E-state index >= 15 is 0 Å². The van der Waals surface area contributed by atoms with E-state index < -0.39 is 23.8 Å². The lowest BCUT2D eigenvalue weighted by Gasteiger charge is -2.21. The van der Waals surface area contributed by atoms with Gasteiger partial charge in [0.1, 0.15) is 5.60 Å². The zero-order valence-electron chi connectivity index (χ0n) is 13.0. The van der Waals surface area contributed by atoms with Crippen molar-refractivity contribution in [3.8, 4) is 0 Å². The Kier molecular flexibility index (Phi) is 6.20. The number of ether oxygens (including phenoxy) is 2. The summed E-state index contributed by atoms with van der Waals surface area (Å²) < 4.78 is 9.67. The summed E-state index contributed by atoms with van der Waals surface area (Å²) in [5.41, 5.74) is -0.0276. The first-order valence-corrected chi connectivity index (χ1v) is 7.04. The summed E-state index contributed by atoms with van der Waals surface area (Å²) in [6.07, 6.45) is -2.07. The summed E-state index contributed by atoms with van der Waals surface area (Å²) in [7, 11) is 1.23. The standard InChI is InChI=1S/C15H20ClNO5/c1-15(2,3)22-14(20)17-11-6-5-9(16)7-10(11)12(18)8-13(19)21-4/h5-7,12,18H,8H2,1-4H3,(H,17,20)/t12-/m0/s1. The minimum absolute atomic E-state index is 0.250. The predicted octanol–water partition coefficient (Wildman–Crippen LogP) is 3.28. The average molecular weight is 330 g/mol. The lowest BCUT2D eigenvalue weighted by atomic mass is 10.0. The number of rotatable bonds is 4. The van der Waals surface area contributed by atoms with Gasteiger partial charge in [-0.25, -0.2) is 4.79 Å². The molecule has 2 N–H and O–H groups in total. The first kappa shape index (κ1) is 18.3. The molecule has 0 saturated carbocycles. The SMILES string of the molecule is COC(=O)C[C@H](O)c1cc(Cl)ccc1NC(=O)OC(C)(C)C. The van der Waals surface area contributed by atoms with Crippen molar-refractivity contribution in [3.05, 3.63) is 28.8 Å². The Morgan fingerprint density at radius 1 is 1.36 bits per heavy atom. The van der Waals surface area contributed by atoms with Crippen LogP contribution >= 0.6 is 11.6 Å². The van der Waals surface area contributed by atoms with E-state index in [9.17, 15) is 14.7 Å². The van der Waals surface area contributed by atoms with Crippen LogP contribution in [0.25, 0.3) is 0 Å². The van der Waals surface area contributed by atoms with Crippen molar-refractivity contribution in [1.29, 1.82) is 0 Å². The van der Waals surface area contributed by atoms with Crippen LogP contribution in [0.4, 0.5) is 10.5 Å². The number of halogens is 1. The molecule has 0 saturated heterocycles. The number of carbonyl (C=O) groups is 2. The molecule has 0 unspecified atom stereocenters. The highest BCUT2D eigenvalue weighted by atomic mass is 35.5. The van der Waals surface area contributed by atoms with Gasteiger partial charge in [-0.05, 0) is 39.0 Å². The molecule has 1 atom stereocenters. The van der Waals surface area contributed by atoms with Crippen LogP contribution in [0.3, 0.4) is 0 Å². The van der Waals surface area contributed by atoms with E-state index in [-0.39, 0.29) is 6.42 Å². The number of benzene rings is 1. The maximum absolute atomic E-state index is 11.8. The molecular formula is C15H20ClNO5. The summed E-state index contributed by atoms with van der Waals surface area (Å²) in [6, 6.07) is 4.56. The number of aliphatic hydroxyl groups is 1. The van der Waals surface area contributed by atoms with E-state index in [2.05, 4.69) is 10.1 Å². The molecule has 1 aromatic carbocycles. The summed E-state index contributed by atoms with van der Waals surface area (Å²) in [6.45, 7) is 5.21. The molecule has 7 heteroatoms. The fraction of sp³-hybridized carbons (Fsp3) is 0.467. The number of carbonyl (C=O) groups excluding carboxylic acids is 2. The molecule has 0 heterocycles. The summed E-state index contributed by atoms with van der Waals surface area (Å²) in [4.78, 5) is 23.1. The van der Waals surface area contributed by atoms with E-state index in [1.807, 2.05) is 0 Å². The van der Waals surface area contributed by atoms with Crippen molar-refractivity contribution >= 4 is 29.4 Å². The molecule has 0 fully saturated rings. The molecule has 0 aliphatic carbocycles. The Hall–Kier alpha value is -1.79. The highest BCUT2D eigenvalue weighted by Gasteiger charge is 2.21. The van der Waals surface area contributed by atoms with Gasteiger partial charge in [0.2, 0.25) is 0 Å². The van der Waals surface area contributed by atoms with Crippen molar-refractivity contribution in [2.45, 2.75) is 38.9 Å². The smallest absolute Gasteiger partial charge is 0.412 e. The van der Waals surface area contributed by atoms with Gasteiger partial charge in [-0.2, -0.15) is 0 Å². The fourth-order valence-corrected chi connectivity index (χ4v) is 1.87. The number of esters is 1. The van der Waals surface area contributed by atoms with Gasteiger partial charge < -0.3 is 14.6 Å². The molecule has 0 bridgehead atoms. The van der Waals surface area contributed by atoms with Gasteiger partial charge in [0.05, 0.1) is 19.6 Å². The summed E-state index contributed by atoms with van der Waals surface area (Å²) in [5.74, 6) is -0.573. The van der Waals surface area contributed by atoms with Crippen LogP contribution in [0.1, 0.15) is 38.9 Å². The highest BCUT2D eigenvalue weighted by Crippen LogP contribution is 2.29. The average Bonchev–Trinajstić information content (AvgIpc) is 2.38. The molecule has 22 heavy (non-hydrogen) atoms. The Morgan fingerprint density at radius 3 is 2.55 bits per heavy atom. The van der Waals surface area contributed by atoms with Gasteiger partial charge in [-0.3, -0.25) is 10.1 Å². The van der Waals surface area contributed by atoms with Gasteiger partial charge in [0.25, 0.3) is 0 Å². The Balaban J connectivity index is 2.95. The number of hydrogen-bond donors (Lipinski definition) is 2. The van der Waals surface area contributed by atoms with Crippen molar-refractivity contribution in [2.75, 3.05) is 12.4 Å². The van der Waals surface area contributed by atoms with Gasteiger partial charge >= 0.3 is 12.1 Å². The summed E-state index contributed by atoms with van der Waals surface area (Å²) >= 11 is 5.90. The van der Waals surface area contributed by atoms with Gasteiger partial charge in [-0.15, -0.1) is 0 Å². The minimum Gasteiger partial charge on any atom is -0.469 e. The van der Waals surface area contributed by atoms with Crippen LogP contribution < -0.4 is 5.32 Å². The number of nitrogens with one attached hydrogen (secondary N) is 1. The maximum atomic E-state index is 11.8. The largest absolute Gasteiger partial charge is 0.469 e. The third-order valence-electron chi connectivity index (χ3n) is 2.60. The van der Waals surface area contributed by atoms with E-state index in [0.717, 1.165) is 0 Å². The molecule has 1 amide bonds. The number of aliphatic hydroxyl groups excluding tert-OH is 1. The van der Waals surface area contributed by atoms with Crippen LogP contribution in [-0.2, 0) is 14.3 Å². The lowest BCUT2D eigenvalue weighted by Crippen LogP contribution is -2.27. The fourth-order valence-electron chi connectivity index (χ4n) is 1.69. The Bertz CT molecular complexity index is 553. The molecule has 1 rings (SSSR count). The molecule has 0 aliphatic rings. The highest BCUT2D eigenvalue weighted by molar-refractivity contribution is 6.30. The molecule has 1 aromatic rings. The number of hydrogen-bond acceptors (Lipinski definition) is 5. The Morgan fingerprint density at radius 2 is 2.00 bits per heavy atom. The van der Waals surface area contributed by atoms with Gasteiger partial charge in [0, 0.05) is 16.3 Å². The van der Waals surface area contributed by atoms with Crippen molar-refractivity contribution in [2.24, 2.45) is 0 Å². The van der Waals surface area contributed by atoms with Crippen LogP contribution in [0, 0.1) is 0 Å². The number of anilines is 1. The second-order valence-electron chi connectivity index (χ2n) is 5.65. The normalized spacial score (nSPS) is 12.5. The predicted molar refractivity (Wildman–Crippen MR) is 82.9 cm³/mol. The second-order valence-corrected chi connectivity index (χ2v) is 6.09. The molecule has 0 spiro atoms. The molecular weight excluding hydrogens is 310 g/mol. The summed E-state index contributed by atoms with van der Waals surface area (Å²) in [5, 5.41) is 13.0. The third-order valence-corrected chi connectivity index (χ3v) is 2.83. The van der Waals surface area contributed by atoms with Crippen molar-refractivity contribution in [1.82, 2.24) is 0 Å². The van der Waals surface area contributed by atoms with E-state index in [1.54, 1.807) is 26.8 Å².